The van der Waals surface area contributed by atoms with Crippen LogP contribution in [0.2, 0.25) is 0 Å². The van der Waals surface area contributed by atoms with Crippen molar-refractivity contribution in [3.63, 3.8) is 0 Å². The fourth-order valence-corrected chi connectivity index (χ4v) is 5.15. The van der Waals surface area contributed by atoms with Crippen LogP contribution in [0, 0.1) is 5.41 Å². The van der Waals surface area contributed by atoms with E-state index in [1.165, 1.54) is 23.8 Å². The number of hydrogen-bond donors (Lipinski definition) is 2. The molecule has 1 fully saturated rings. The molecule has 14 heteroatoms. The van der Waals surface area contributed by atoms with Gasteiger partial charge in [-0.1, -0.05) is 17.3 Å². The lowest BCUT2D eigenvalue weighted by molar-refractivity contribution is -0.173. The average Bonchev–Trinajstić information content (AvgIpc) is 3.25. The van der Waals surface area contributed by atoms with Gasteiger partial charge in [0.15, 0.2) is 10.8 Å². The first kappa shape index (κ1) is 27.2. The Hall–Kier alpha value is -3.39. The van der Waals surface area contributed by atoms with E-state index in [4.69, 9.17) is 20.0 Å². The maximum absolute atomic E-state index is 13.1. The monoisotopic (exact) mass is 537 g/mol. The number of fused-ring (bicyclic) bond motifs is 1. The summed E-state index contributed by atoms with van der Waals surface area (Å²) in [5, 5.41) is 7.59. The molecule has 0 saturated carbocycles. The molecule has 2 amide bonds. The molecule has 0 aliphatic carbocycles. The number of allylic oxidation sites excluding steroid dienone is 2. The molecule has 2 aliphatic heterocycles. The number of anilines is 1. The molecule has 2 unspecified atom stereocenters. The van der Waals surface area contributed by atoms with Crippen LogP contribution >= 0.6 is 23.1 Å². The zero-order valence-electron chi connectivity index (χ0n) is 20.4. The highest BCUT2D eigenvalue weighted by atomic mass is 32.2. The van der Waals surface area contributed by atoms with Crippen LogP contribution < -0.4 is 11.1 Å². The summed E-state index contributed by atoms with van der Waals surface area (Å²) >= 11 is 2.50. The Morgan fingerprint density at radius 1 is 1.33 bits per heavy atom. The van der Waals surface area contributed by atoms with Crippen LogP contribution in [0.15, 0.2) is 34.0 Å². The van der Waals surface area contributed by atoms with E-state index in [2.05, 4.69) is 15.5 Å². The van der Waals surface area contributed by atoms with Crippen LogP contribution in [0.3, 0.4) is 0 Å². The third-order valence-electron chi connectivity index (χ3n) is 5.00. The van der Waals surface area contributed by atoms with Gasteiger partial charge >= 0.3 is 11.9 Å². The number of nitrogens with zero attached hydrogens (tertiary/aromatic N) is 3. The minimum absolute atomic E-state index is 0.0391. The largest absolute Gasteiger partial charge is 0.427 e. The second kappa shape index (κ2) is 11.1. The normalized spacial score (nSPS) is 20.1. The van der Waals surface area contributed by atoms with Crippen LogP contribution in [0.1, 0.15) is 33.4 Å². The molecule has 12 nitrogen and oxygen atoms in total. The number of nitrogen functional groups attached to an aromatic ring is 1. The van der Waals surface area contributed by atoms with Gasteiger partial charge in [-0.25, -0.2) is 9.78 Å². The Morgan fingerprint density at radius 3 is 2.64 bits per heavy atom. The van der Waals surface area contributed by atoms with Crippen molar-refractivity contribution in [2.45, 2.75) is 39.1 Å². The zero-order valence-corrected chi connectivity index (χ0v) is 22.0. The lowest BCUT2D eigenvalue weighted by atomic mass is 9.98. The lowest BCUT2D eigenvalue weighted by Gasteiger charge is -2.49. The van der Waals surface area contributed by atoms with Gasteiger partial charge in [-0.05, 0) is 33.3 Å². The standard InChI is InChI=1S/C22H27N5O7S2/c1-6-7-11-8-35-18-14(25-16(28)13(26-32-5)12-9-36-21(23)24-12)17(29)27(18)15(11)19(30)33-10-34-20(31)22(2,3)4/h6-7,9,14,18H,8,10H2,1-5H3,(H2,23,24)(H,25,28)/b7-6-,26-13-. The molecule has 194 valence electrons. The van der Waals surface area contributed by atoms with Crippen molar-refractivity contribution < 1.29 is 33.5 Å². The zero-order chi connectivity index (χ0) is 26.6. The fourth-order valence-electron chi connectivity index (χ4n) is 3.28. The Bertz CT molecular complexity index is 1150. The number of carbonyl (C=O) groups is 4. The number of carbonyl (C=O) groups excluding carboxylic acids is 4. The highest BCUT2D eigenvalue weighted by molar-refractivity contribution is 8.00. The third kappa shape index (κ3) is 5.70. The van der Waals surface area contributed by atoms with Crippen LogP contribution in [0.25, 0.3) is 0 Å². The topological polar surface area (TPSA) is 163 Å². The van der Waals surface area contributed by atoms with E-state index in [0.29, 0.717) is 11.3 Å². The summed E-state index contributed by atoms with van der Waals surface area (Å²) in [6, 6.07) is -0.922. The third-order valence-corrected chi connectivity index (χ3v) is 6.98. The molecule has 2 aliphatic rings. The van der Waals surface area contributed by atoms with Crippen LogP contribution in [0.4, 0.5) is 5.13 Å². The molecule has 0 aromatic carbocycles. The van der Waals surface area contributed by atoms with E-state index in [1.807, 2.05) is 0 Å². The number of β-lactam (4-membered cyclic amide) rings is 1. The summed E-state index contributed by atoms with van der Waals surface area (Å²) in [6.45, 7) is 6.21. The van der Waals surface area contributed by atoms with Gasteiger partial charge in [-0.15, -0.1) is 23.1 Å². The van der Waals surface area contributed by atoms with Crippen molar-refractivity contribution in [3.8, 4) is 0 Å². The lowest BCUT2D eigenvalue weighted by Crippen LogP contribution is -2.71. The highest BCUT2D eigenvalue weighted by Gasteiger charge is 2.54. The number of rotatable bonds is 8. The van der Waals surface area contributed by atoms with Gasteiger partial charge in [0.1, 0.15) is 29.9 Å². The molecule has 0 radical (unpaired) electrons. The molecule has 1 aromatic heterocycles. The molecule has 0 spiro atoms. The SMILES string of the molecule is C/C=C\C1=C(C(=O)OCOC(=O)C(C)(C)C)N2C(=O)C(NC(=O)/C(=N\OC)c3csc(N)n3)C2SC1. The number of esters is 2. The number of thiazole rings is 1. The number of oxime groups is 1. The predicted molar refractivity (Wildman–Crippen MR) is 133 cm³/mol. The van der Waals surface area contributed by atoms with Gasteiger partial charge < -0.3 is 25.4 Å². The number of amides is 2. The predicted octanol–water partition coefficient (Wildman–Crippen LogP) is 1.40. The van der Waals surface area contributed by atoms with Crippen LogP contribution in [-0.4, -0.2) is 70.4 Å². The first-order valence-electron chi connectivity index (χ1n) is 10.8. The number of nitrogens with two attached hydrogens (primary N) is 1. The van der Waals surface area contributed by atoms with Crippen molar-refractivity contribution in [3.05, 3.63) is 34.5 Å². The van der Waals surface area contributed by atoms with E-state index in [0.717, 1.165) is 11.3 Å². The molecule has 1 aromatic rings. The minimum atomic E-state index is -0.922. The molecule has 1 saturated heterocycles. The smallest absolute Gasteiger partial charge is 0.358 e. The van der Waals surface area contributed by atoms with Gasteiger partial charge in [0.2, 0.25) is 6.79 Å². The van der Waals surface area contributed by atoms with Gasteiger partial charge in [-0.2, -0.15) is 0 Å². The number of nitrogens with one attached hydrogen (secondary N) is 1. The summed E-state index contributed by atoms with van der Waals surface area (Å²) < 4.78 is 10.2. The Labute approximate surface area is 215 Å². The highest BCUT2D eigenvalue weighted by Crippen LogP contribution is 2.41. The molecule has 36 heavy (non-hydrogen) atoms. The fraction of sp³-hybridized carbons (Fsp3) is 0.455. The number of hydrogen-bond acceptors (Lipinski definition) is 12. The van der Waals surface area contributed by atoms with Crippen molar-refractivity contribution in [1.29, 1.82) is 0 Å². The summed E-state index contributed by atoms with van der Waals surface area (Å²) in [7, 11) is 1.28. The van der Waals surface area contributed by atoms with E-state index in [1.54, 1.807) is 45.2 Å². The second-order valence-electron chi connectivity index (χ2n) is 8.66. The quantitative estimate of drug-likeness (QED) is 0.163. The van der Waals surface area contributed by atoms with E-state index >= 15 is 0 Å². The molecule has 3 N–H and O–H groups in total. The molecule has 3 heterocycles. The molecular weight excluding hydrogens is 510 g/mol. The maximum atomic E-state index is 13.1. The summed E-state index contributed by atoms with van der Waals surface area (Å²) in [5.74, 6) is -2.14. The maximum Gasteiger partial charge on any atom is 0.358 e. The molecular formula is C22H27N5O7S2. The van der Waals surface area contributed by atoms with Crippen molar-refractivity contribution in [1.82, 2.24) is 15.2 Å². The van der Waals surface area contributed by atoms with E-state index < -0.39 is 47.4 Å². The van der Waals surface area contributed by atoms with Gasteiger partial charge in [0.25, 0.3) is 11.8 Å². The average molecular weight is 538 g/mol. The van der Waals surface area contributed by atoms with E-state index in [9.17, 15) is 19.2 Å². The first-order valence-corrected chi connectivity index (χ1v) is 12.7. The summed E-state index contributed by atoms with van der Waals surface area (Å²) in [4.78, 5) is 60.9. The first-order chi connectivity index (χ1) is 17.0. The summed E-state index contributed by atoms with van der Waals surface area (Å²) in [6.07, 6.45) is 3.44. The number of ether oxygens (including phenoxy) is 2. The molecule has 3 rings (SSSR count). The van der Waals surface area contributed by atoms with E-state index in [-0.39, 0.29) is 22.2 Å². The van der Waals surface area contributed by atoms with Crippen molar-refractivity contribution in [2.24, 2.45) is 10.6 Å². The Balaban J connectivity index is 1.74. The van der Waals surface area contributed by atoms with Gasteiger partial charge in [0, 0.05) is 11.1 Å². The van der Waals surface area contributed by atoms with Crippen molar-refractivity contribution >= 4 is 57.7 Å². The second-order valence-corrected chi connectivity index (χ2v) is 10.7. The van der Waals surface area contributed by atoms with Crippen LogP contribution in [-0.2, 0) is 33.5 Å². The Morgan fingerprint density at radius 2 is 2.06 bits per heavy atom. The van der Waals surface area contributed by atoms with Crippen LogP contribution in [0.5, 0.6) is 0 Å². The molecule has 0 bridgehead atoms. The minimum Gasteiger partial charge on any atom is -0.427 e. The molecule has 2 atom stereocenters. The number of thioether (sulfide) groups is 1. The van der Waals surface area contributed by atoms with Gasteiger partial charge in [-0.3, -0.25) is 19.3 Å². The Kier molecular flexibility index (Phi) is 8.40. The number of aromatic nitrogens is 1. The van der Waals surface area contributed by atoms with Crippen molar-refractivity contribution in [2.75, 3.05) is 25.4 Å². The summed E-state index contributed by atoms with van der Waals surface area (Å²) in [5.41, 5.74) is 5.57. The van der Waals surface area contributed by atoms with Gasteiger partial charge in [0.05, 0.1) is 5.41 Å².